The number of hydrogen-bond acceptors (Lipinski definition) is 3. The van der Waals surface area contributed by atoms with Crippen LogP contribution in [0.2, 0.25) is 0 Å². The quantitative estimate of drug-likeness (QED) is 0.238. The van der Waals surface area contributed by atoms with Crippen LogP contribution in [0.5, 0.6) is 0 Å². The summed E-state index contributed by atoms with van der Waals surface area (Å²) in [6, 6.07) is 16.1. The van der Waals surface area contributed by atoms with E-state index in [9.17, 15) is 9.59 Å². The molecule has 2 aromatic carbocycles. The maximum atomic E-state index is 12.9. The number of aryl methyl sites for hydroxylation is 3. The highest BCUT2D eigenvalue weighted by Gasteiger charge is 2.20. The van der Waals surface area contributed by atoms with Gasteiger partial charge >= 0.3 is 0 Å². The summed E-state index contributed by atoms with van der Waals surface area (Å²) in [5, 5.41) is 6.21. The Morgan fingerprint density at radius 3 is 1.94 bits per heavy atom. The molecule has 35 heavy (non-hydrogen) atoms. The normalized spacial score (nSPS) is 12.1. The Hall–Kier alpha value is -2.98. The molecule has 0 heterocycles. The topological polar surface area (TPSA) is 58.2 Å². The van der Waals surface area contributed by atoms with Crippen molar-refractivity contribution in [3.63, 3.8) is 0 Å². The standard InChI is InChI=1S/C29H40N2O2.C2H4/c1-4-7-9-23-11-13-25(14-12-23)19-20-28(30-6-3)29(33)31-27(22-32)21-26-17-15-24(16-18-26)10-8-5-2;1-2/h4,11-18,22,27-28,30H,1,5-10,19-21H2,2-3H3,(H,31,33);1-2H2. The largest absolute Gasteiger partial charge is 0.345 e. The van der Waals surface area contributed by atoms with E-state index in [-0.39, 0.29) is 11.9 Å². The summed E-state index contributed by atoms with van der Waals surface area (Å²) in [7, 11) is 0. The number of allylic oxidation sites excluding steroid dienone is 1. The third-order valence-corrected chi connectivity index (χ3v) is 5.94. The zero-order valence-electron chi connectivity index (χ0n) is 21.7. The first-order chi connectivity index (χ1) is 17.1. The molecular formula is C31H44N2O2. The van der Waals surface area contributed by atoms with Gasteiger partial charge < -0.3 is 15.4 Å². The van der Waals surface area contributed by atoms with Gasteiger partial charge in [-0.2, -0.15) is 0 Å². The fourth-order valence-electron chi connectivity index (χ4n) is 3.92. The average molecular weight is 477 g/mol. The predicted octanol–water partition coefficient (Wildman–Crippen LogP) is 5.79. The lowest BCUT2D eigenvalue weighted by Gasteiger charge is -2.20. The zero-order valence-corrected chi connectivity index (χ0v) is 21.7. The van der Waals surface area contributed by atoms with Crippen LogP contribution in [0.15, 0.2) is 74.3 Å². The van der Waals surface area contributed by atoms with Gasteiger partial charge in [-0.25, -0.2) is 0 Å². The molecule has 1 amide bonds. The number of carbonyl (C=O) groups is 2. The van der Waals surface area contributed by atoms with E-state index in [0.29, 0.717) is 19.4 Å². The Morgan fingerprint density at radius 1 is 0.886 bits per heavy atom. The molecule has 2 atom stereocenters. The third-order valence-electron chi connectivity index (χ3n) is 5.94. The van der Waals surface area contributed by atoms with Crippen LogP contribution in [-0.2, 0) is 35.3 Å². The molecule has 0 fully saturated rings. The van der Waals surface area contributed by atoms with E-state index in [0.717, 1.165) is 37.5 Å². The summed E-state index contributed by atoms with van der Waals surface area (Å²) in [6.45, 7) is 14.7. The second-order valence-corrected chi connectivity index (χ2v) is 8.67. The lowest BCUT2D eigenvalue weighted by molar-refractivity contribution is -0.125. The molecule has 2 N–H and O–H groups in total. The minimum Gasteiger partial charge on any atom is -0.345 e. The Balaban J connectivity index is 0.00000298. The molecule has 0 aromatic heterocycles. The second-order valence-electron chi connectivity index (χ2n) is 8.67. The smallest absolute Gasteiger partial charge is 0.237 e. The number of aldehydes is 1. The fraction of sp³-hybridized carbons (Fsp3) is 0.419. The van der Waals surface area contributed by atoms with E-state index in [1.54, 1.807) is 0 Å². The molecule has 0 aliphatic carbocycles. The summed E-state index contributed by atoms with van der Waals surface area (Å²) in [6.07, 6.45) is 10.2. The van der Waals surface area contributed by atoms with Crippen LogP contribution in [0.4, 0.5) is 0 Å². The lowest BCUT2D eigenvalue weighted by Crippen LogP contribution is -2.49. The van der Waals surface area contributed by atoms with Gasteiger partial charge in [0.15, 0.2) is 0 Å². The first-order valence-corrected chi connectivity index (χ1v) is 12.8. The van der Waals surface area contributed by atoms with Gasteiger partial charge in [-0.05, 0) is 73.7 Å². The predicted molar refractivity (Wildman–Crippen MR) is 149 cm³/mol. The van der Waals surface area contributed by atoms with Crippen LogP contribution < -0.4 is 10.6 Å². The number of likely N-dealkylation sites (N-methyl/N-ethyl adjacent to an activating group) is 1. The number of rotatable bonds is 16. The highest BCUT2D eigenvalue weighted by atomic mass is 16.2. The number of unbranched alkanes of at least 4 members (excludes halogenated alkanes) is 1. The van der Waals surface area contributed by atoms with Crippen molar-refractivity contribution in [1.82, 2.24) is 10.6 Å². The fourth-order valence-corrected chi connectivity index (χ4v) is 3.92. The molecule has 0 aliphatic rings. The summed E-state index contributed by atoms with van der Waals surface area (Å²) >= 11 is 0. The van der Waals surface area contributed by atoms with E-state index in [1.807, 2.05) is 13.0 Å². The van der Waals surface area contributed by atoms with Crippen LogP contribution >= 0.6 is 0 Å². The molecule has 2 unspecified atom stereocenters. The number of benzene rings is 2. The SMILES string of the molecule is C=C.C=CCCc1ccc(CCC(NCC)C(=O)NC(C=O)Cc2ccc(CCCC)cc2)cc1. The molecule has 0 saturated heterocycles. The Morgan fingerprint density at radius 2 is 1.43 bits per heavy atom. The van der Waals surface area contributed by atoms with Crippen molar-refractivity contribution in [1.29, 1.82) is 0 Å². The van der Waals surface area contributed by atoms with Crippen molar-refractivity contribution in [3.8, 4) is 0 Å². The van der Waals surface area contributed by atoms with Gasteiger partial charge in [-0.15, -0.1) is 19.7 Å². The van der Waals surface area contributed by atoms with Crippen molar-refractivity contribution < 1.29 is 9.59 Å². The van der Waals surface area contributed by atoms with Gasteiger partial charge in [0, 0.05) is 0 Å². The van der Waals surface area contributed by atoms with Gasteiger partial charge in [-0.3, -0.25) is 4.79 Å². The maximum absolute atomic E-state index is 12.9. The number of nitrogens with one attached hydrogen (secondary N) is 2. The van der Waals surface area contributed by atoms with Crippen molar-refractivity contribution in [2.45, 2.75) is 77.3 Å². The molecule has 0 spiro atoms. The van der Waals surface area contributed by atoms with Gasteiger partial charge in [0.25, 0.3) is 0 Å². The van der Waals surface area contributed by atoms with Crippen LogP contribution in [0, 0.1) is 0 Å². The zero-order chi connectivity index (χ0) is 25.9. The summed E-state index contributed by atoms with van der Waals surface area (Å²) in [5.41, 5.74) is 4.88. The molecule has 2 rings (SSSR count). The second kappa shape index (κ2) is 18.4. The van der Waals surface area contributed by atoms with Crippen LogP contribution in [0.25, 0.3) is 0 Å². The highest BCUT2D eigenvalue weighted by molar-refractivity contribution is 5.84. The molecule has 0 aliphatic heterocycles. The van der Waals surface area contributed by atoms with E-state index in [4.69, 9.17) is 0 Å². The highest BCUT2D eigenvalue weighted by Crippen LogP contribution is 2.12. The maximum Gasteiger partial charge on any atom is 0.237 e. The third kappa shape index (κ3) is 11.8. The molecule has 0 radical (unpaired) electrons. The number of amides is 1. The van der Waals surface area contributed by atoms with Gasteiger partial charge in [0.1, 0.15) is 6.29 Å². The van der Waals surface area contributed by atoms with Gasteiger partial charge in [0.2, 0.25) is 5.91 Å². The monoisotopic (exact) mass is 476 g/mol. The van der Waals surface area contributed by atoms with Crippen molar-refractivity contribution in [3.05, 3.63) is 96.6 Å². The van der Waals surface area contributed by atoms with E-state index in [1.165, 1.54) is 29.5 Å². The Bertz CT molecular complexity index is 859. The van der Waals surface area contributed by atoms with Crippen LogP contribution in [0.3, 0.4) is 0 Å². The first kappa shape index (κ1) is 30.1. The molecule has 4 heteroatoms. The first-order valence-electron chi connectivity index (χ1n) is 12.8. The minimum absolute atomic E-state index is 0.115. The summed E-state index contributed by atoms with van der Waals surface area (Å²) in [5.74, 6) is -0.115. The number of carbonyl (C=O) groups excluding carboxylic acids is 2. The van der Waals surface area contributed by atoms with Crippen LogP contribution in [-0.4, -0.2) is 30.8 Å². The summed E-state index contributed by atoms with van der Waals surface area (Å²) < 4.78 is 0. The Labute approximate surface area is 212 Å². The van der Waals surface area contributed by atoms with Crippen molar-refractivity contribution in [2.24, 2.45) is 0 Å². The Kier molecular flexibility index (Phi) is 15.8. The lowest BCUT2D eigenvalue weighted by atomic mass is 10.0. The molecule has 2 aromatic rings. The van der Waals surface area contributed by atoms with Crippen LogP contribution in [0.1, 0.15) is 61.8 Å². The molecule has 190 valence electrons. The molecule has 0 bridgehead atoms. The van der Waals surface area contributed by atoms with E-state index < -0.39 is 6.04 Å². The average Bonchev–Trinajstić information content (AvgIpc) is 2.90. The van der Waals surface area contributed by atoms with Gasteiger partial charge in [0.05, 0.1) is 12.1 Å². The molecular weight excluding hydrogens is 432 g/mol. The van der Waals surface area contributed by atoms with Crippen molar-refractivity contribution >= 4 is 12.2 Å². The van der Waals surface area contributed by atoms with Crippen molar-refractivity contribution in [2.75, 3.05) is 6.54 Å². The minimum atomic E-state index is -0.524. The molecule has 0 saturated carbocycles. The summed E-state index contributed by atoms with van der Waals surface area (Å²) in [4.78, 5) is 24.6. The van der Waals surface area contributed by atoms with Gasteiger partial charge in [-0.1, -0.05) is 74.9 Å². The number of hydrogen-bond donors (Lipinski definition) is 2. The van der Waals surface area contributed by atoms with E-state index >= 15 is 0 Å². The molecule has 4 nitrogen and oxygen atoms in total. The van der Waals surface area contributed by atoms with E-state index in [2.05, 4.69) is 85.8 Å².